The fourth-order valence-electron chi connectivity index (χ4n) is 0.359. The molecular weight excluding hydrogens is 147 g/mol. The van der Waals surface area contributed by atoms with Crippen molar-refractivity contribution in [3.8, 4) is 0 Å². The van der Waals surface area contributed by atoms with E-state index in [-0.39, 0.29) is 0 Å². The summed E-state index contributed by atoms with van der Waals surface area (Å²) in [5.74, 6) is 1.12. The molecule has 0 aromatic heterocycles. The van der Waals surface area contributed by atoms with Crippen LogP contribution >= 0.6 is 8.03 Å². The zero-order valence-electron chi connectivity index (χ0n) is 5.73. The van der Waals surface area contributed by atoms with Gasteiger partial charge in [-0.2, -0.15) is 0 Å². The molecule has 0 spiro atoms. The summed E-state index contributed by atoms with van der Waals surface area (Å²) in [6.45, 7) is 1.89. The standard InChI is InChI=1S/C7H9O2P/c1-2-3-4-5-6-7-10(8)9/h2-7H,1H3. The van der Waals surface area contributed by atoms with Gasteiger partial charge in [-0.05, 0) is 13.0 Å². The maximum absolute atomic E-state index is 9.93. The third-order valence-corrected chi connectivity index (χ3v) is 1.15. The average molecular weight is 156 g/mol. The van der Waals surface area contributed by atoms with E-state index >= 15 is 0 Å². The van der Waals surface area contributed by atoms with Crippen molar-refractivity contribution in [2.45, 2.75) is 6.92 Å². The Morgan fingerprint density at radius 1 is 1.20 bits per heavy atom. The predicted octanol–water partition coefficient (Wildman–Crippen LogP) is 1.74. The Kier molecular flexibility index (Phi) is 5.94. The minimum atomic E-state index is -2.38. The minimum absolute atomic E-state index is 1.12. The van der Waals surface area contributed by atoms with Gasteiger partial charge in [-0.25, -0.2) is 0 Å². The lowest BCUT2D eigenvalue weighted by Gasteiger charge is -1.71. The summed E-state index contributed by atoms with van der Waals surface area (Å²) in [7, 11) is -2.38. The highest BCUT2D eigenvalue weighted by Gasteiger charge is 1.83. The van der Waals surface area contributed by atoms with E-state index in [2.05, 4.69) is 0 Å². The first-order valence-electron chi connectivity index (χ1n) is 2.87. The SMILES string of the molecule is CC=CC=CC=C[P+](=O)[O-]. The zero-order valence-corrected chi connectivity index (χ0v) is 6.62. The molecule has 0 N–H and O–H groups in total. The van der Waals surface area contributed by atoms with Gasteiger partial charge < -0.3 is 4.89 Å². The molecule has 0 aliphatic carbocycles. The van der Waals surface area contributed by atoms with Gasteiger partial charge in [-0.3, -0.25) is 0 Å². The van der Waals surface area contributed by atoms with Crippen LogP contribution in [0.25, 0.3) is 0 Å². The largest absolute Gasteiger partial charge is 0.591 e. The van der Waals surface area contributed by atoms with E-state index in [1.54, 1.807) is 12.2 Å². The highest BCUT2D eigenvalue weighted by molar-refractivity contribution is 7.40. The zero-order chi connectivity index (χ0) is 7.82. The molecule has 0 radical (unpaired) electrons. The van der Waals surface area contributed by atoms with Crippen molar-refractivity contribution in [3.05, 3.63) is 36.2 Å². The van der Waals surface area contributed by atoms with Gasteiger partial charge in [0.1, 0.15) is 0 Å². The van der Waals surface area contributed by atoms with Crippen LogP contribution in [-0.4, -0.2) is 0 Å². The van der Waals surface area contributed by atoms with E-state index in [1.807, 2.05) is 19.1 Å². The Balaban J connectivity index is 3.62. The van der Waals surface area contributed by atoms with Crippen LogP contribution in [0, 0.1) is 0 Å². The molecule has 54 valence electrons. The normalized spacial score (nSPS) is 14.0. The number of allylic oxidation sites excluding steroid dienone is 5. The predicted molar refractivity (Wildman–Crippen MR) is 40.7 cm³/mol. The molecule has 0 aromatic carbocycles. The second-order valence-corrected chi connectivity index (χ2v) is 2.41. The molecule has 1 atom stereocenters. The molecule has 0 saturated heterocycles. The molecule has 0 aliphatic heterocycles. The summed E-state index contributed by atoms with van der Waals surface area (Å²) in [5.41, 5.74) is 0. The molecule has 0 fully saturated rings. The lowest BCUT2D eigenvalue weighted by atomic mass is 10.4. The molecule has 10 heavy (non-hydrogen) atoms. The van der Waals surface area contributed by atoms with Crippen LogP contribution in [-0.2, 0) is 4.57 Å². The van der Waals surface area contributed by atoms with Gasteiger partial charge in [0.2, 0.25) is 0 Å². The number of hydrogen-bond acceptors (Lipinski definition) is 2. The molecule has 0 saturated carbocycles. The maximum Gasteiger partial charge on any atom is 0.340 e. The number of rotatable bonds is 3. The van der Waals surface area contributed by atoms with Crippen molar-refractivity contribution in [2.24, 2.45) is 0 Å². The number of hydrogen-bond donors (Lipinski definition) is 0. The van der Waals surface area contributed by atoms with Gasteiger partial charge in [0.25, 0.3) is 0 Å². The molecule has 3 heteroatoms. The first-order chi connectivity index (χ1) is 4.77. The van der Waals surface area contributed by atoms with Crippen LogP contribution in [0.5, 0.6) is 0 Å². The van der Waals surface area contributed by atoms with E-state index in [0.717, 1.165) is 5.82 Å². The Labute approximate surface area is 61.4 Å². The van der Waals surface area contributed by atoms with Gasteiger partial charge in [0.15, 0.2) is 5.82 Å². The van der Waals surface area contributed by atoms with Gasteiger partial charge >= 0.3 is 8.03 Å². The molecule has 0 amide bonds. The first kappa shape index (κ1) is 9.28. The Morgan fingerprint density at radius 2 is 1.80 bits per heavy atom. The average Bonchev–Trinajstić information content (AvgIpc) is 1.87. The smallest absolute Gasteiger partial charge is 0.340 e. The topological polar surface area (TPSA) is 40.1 Å². The highest BCUT2D eigenvalue weighted by atomic mass is 31.1. The van der Waals surface area contributed by atoms with Gasteiger partial charge in [-0.1, -0.05) is 28.9 Å². The van der Waals surface area contributed by atoms with Gasteiger partial charge in [0.05, 0.1) is 0 Å². The Hall–Kier alpha value is -0.720. The van der Waals surface area contributed by atoms with E-state index in [9.17, 15) is 9.46 Å². The van der Waals surface area contributed by atoms with Gasteiger partial charge in [-0.15, -0.1) is 0 Å². The summed E-state index contributed by atoms with van der Waals surface area (Å²) >= 11 is 0. The maximum atomic E-state index is 9.93. The fraction of sp³-hybridized carbons (Fsp3) is 0.143. The molecular formula is C7H9O2P. The second kappa shape index (κ2) is 6.40. The molecule has 1 unspecified atom stereocenters. The highest BCUT2D eigenvalue weighted by Crippen LogP contribution is 2.07. The van der Waals surface area contributed by atoms with E-state index in [4.69, 9.17) is 0 Å². The van der Waals surface area contributed by atoms with Crippen molar-refractivity contribution >= 4 is 8.03 Å². The lowest BCUT2D eigenvalue weighted by molar-refractivity contribution is -0.161. The minimum Gasteiger partial charge on any atom is -0.591 e. The third-order valence-electron chi connectivity index (χ3n) is 0.734. The third kappa shape index (κ3) is 7.28. The van der Waals surface area contributed by atoms with Crippen molar-refractivity contribution in [1.29, 1.82) is 0 Å². The molecule has 0 aliphatic rings. The van der Waals surface area contributed by atoms with Crippen LogP contribution in [0.15, 0.2) is 36.2 Å². The Morgan fingerprint density at radius 3 is 2.30 bits per heavy atom. The van der Waals surface area contributed by atoms with Crippen LogP contribution in [0.2, 0.25) is 0 Å². The van der Waals surface area contributed by atoms with Crippen LogP contribution < -0.4 is 4.89 Å². The molecule has 0 rings (SSSR count). The van der Waals surface area contributed by atoms with Crippen molar-refractivity contribution < 1.29 is 9.46 Å². The monoisotopic (exact) mass is 156 g/mol. The Bertz CT molecular complexity index is 180. The summed E-state index contributed by atoms with van der Waals surface area (Å²) in [5, 5.41) is 0. The second-order valence-electron chi connectivity index (χ2n) is 1.54. The van der Waals surface area contributed by atoms with E-state index in [0.29, 0.717) is 0 Å². The van der Waals surface area contributed by atoms with E-state index < -0.39 is 8.03 Å². The van der Waals surface area contributed by atoms with Crippen LogP contribution in [0.4, 0.5) is 0 Å². The summed E-state index contributed by atoms with van der Waals surface area (Å²) < 4.78 is 9.93. The summed E-state index contributed by atoms with van der Waals surface area (Å²) in [6, 6.07) is 0. The van der Waals surface area contributed by atoms with Crippen molar-refractivity contribution in [3.63, 3.8) is 0 Å². The summed E-state index contributed by atoms with van der Waals surface area (Å²) in [6.07, 6.45) is 8.58. The summed E-state index contributed by atoms with van der Waals surface area (Å²) in [4.78, 5) is 9.93. The van der Waals surface area contributed by atoms with Crippen molar-refractivity contribution in [2.75, 3.05) is 0 Å². The van der Waals surface area contributed by atoms with Crippen molar-refractivity contribution in [1.82, 2.24) is 0 Å². The molecule has 0 aromatic rings. The quantitative estimate of drug-likeness (QED) is 0.461. The van der Waals surface area contributed by atoms with Crippen LogP contribution in [0.3, 0.4) is 0 Å². The lowest BCUT2D eigenvalue weighted by Crippen LogP contribution is -1.78. The first-order valence-corrected chi connectivity index (χ1v) is 4.11. The van der Waals surface area contributed by atoms with Crippen LogP contribution in [0.1, 0.15) is 6.92 Å². The fourth-order valence-corrected chi connectivity index (χ4v) is 0.599. The van der Waals surface area contributed by atoms with Gasteiger partial charge in [0, 0.05) is 0 Å². The molecule has 2 nitrogen and oxygen atoms in total. The van der Waals surface area contributed by atoms with E-state index in [1.165, 1.54) is 6.08 Å². The molecule has 0 bridgehead atoms. The molecule has 0 heterocycles.